The van der Waals surface area contributed by atoms with Crippen LogP contribution in [-0.4, -0.2) is 0 Å². The van der Waals surface area contributed by atoms with Crippen molar-refractivity contribution in [3.05, 3.63) is 250 Å². The summed E-state index contributed by atoms with van der Waals surface area (Å²) >= 11 is 0. The van der Waals surface area contributed by atoms with E-state index in [9.17, 15) is 0 Å². The van der Waals surface area contributed by atoms with Crippen LogP contribution in [0, 0.1) is 0 Å². The second kappa shape index (κ2) is 32.5. The normalized spacial score (nSPS) is 12.5. The zero-order valence-corrected chi connectivity index (χ0v) is 53.2. The lowest BCUT2D eigenvalue weighted by molar-refractivity contribution is 0.607. The average molecular weight is 1140 g/mol. The molecule has 0 saturated heterocycles. The summed E-state index contributed by atoms with van der Waals surface area (Å²) in [7, 11) is 0. The number of rotatable bonds is 36. The van der Waals surface area contributed by atoms with Crippen LogP contribution in [0.1, 0.15) is 237 Å². The van der Waals surface area contributed by atoms with E-state index in [1.807, 2.05) is 0 Å². The number of hydrogen-bond acceptors (Lipinski definition) is 2. The molecule has 0 heterocycles. The highest BCUT2D eigenvalue weighted by Gasteiger charge is 2.38. The van der Waals surface area contributed by atoms with Crippen molar-refractivity contribution in [3.63, 3.8) is 0 Å². The minimum atomic E-state index is 1.13. The summed E-state index contributed by atoms with van der Waals surface area (Å²) in [6, 6.07) is 75.3. The van der Waals surface area contributed by atoms with Gasteiger partial charge in [0, 0.05) is 34.1 Å². The van der Waals surface area contributed by atoms with Crippen LogP contribution in [0.25, 0.3) is 22.3 Å². The number of aryl methyl sites for hydroxylation is 4. The second-order valence-corrected chi connectivity index (χ2v) is 25.1. The molecule has 0 unspecified atom stereocenters. The smallest absolute Gasteiger partial charge is 0.0468 e. The van der Waals surface area contributed by atoms with Crippen LogP contribution in [0.15, 0.2) is 194 Å². The van der Waals surface area contributed by atoms with Crippen LogP contribution < -0.4 is 9.80 Å². The standard InChI is InChI=1S/C84H100N2/c1-5-9-13-17-21-27-35-65-43-51-71(52-44-65)85(72-53-45-66(46-54-72)36-28-22-18-14-10-6-2)75-59-61-77-79(63-75)81(69-39-31-25-32-40-69)84-78-62-60-76(64-80(78)82(83(77)84)70-41-33-26-34-42-70)86(73-55-47-67(48-56-73)37-29-23-19-15-11-7-3)74-57-49-68(50-58-74)38-30-24-20-16-12-8-4/h25-26,31-34,39-64H,5-24,27-30,35-38H2,1-4H3. The van der Waals surface area contributed by atoms with Crippen LogP contribution in [0.4, 0.5) is 34.1 Å². The quantitative estimate of drug-likeness (QED) is 0.0361. The monoisotopic (exact) mass is 1140 g/mol. The maximum absolute atomic E-state index is 2.51. The first-order chi connectivity index (χ1) is 42.6. The average Bonchev–Trinajstić information content (AvgIpc) is 1.58. The molecule has 0 N–H and O–H groups in total. The summed E-state index contributed by atoms with van der Waals surface area (Å²) in [6.07, 6.45) is 36.1. The molecule has 2 heteroatoms. The van der Waals surface area contributed by atoms with E-state index in [1.165, 1.54) is 266 Å². The van der Waals surface area contributed by atoms with Crippen molar-refractivity contribution < 1.29 is 0 Å². The van der Waals surface area contributed by atoms with Gasteiger partial charge < -0.3 is 9.80 Å². The molecule has 0 spiro atoms. The Hall–Kier alpha value is -7.16. The molecular formula is C84H100N2. The van der Waals surface area contributed by atoms with Crippen LogP contribution in [0.3, 0.4) is 0 Å². The molecule has 8 aromatic rings. The van der Waals surface area contributed by atoms with Gasteiger partial charge in [-0.1, -0.05) is 277 Å². The van der Waals surface area contributed by atoms with Gasteiger partial charge in [0.2, 0.25) is 0 Å². The molecule has 86 heavy (non-hydrogen) atoms. The molecule has 0 amide bonds. The predicted octanol–water partition coefficient (Wildman–Crippen LogP) is 25.5. The summed E-state index contributed by atoms with van der Waals surface area (Å²) in [5.41, 5.74) is 25.7. The van der Waals surface area contributed by atoms with E-state index in [4.69, 9.17) is 0 Å². The van der Waals surface area contributed by atoms with Gasteiger partial charge in [0.1, 0.15) is 0 Å². The molecule has 446 valence electrons. The summed E-state index contributed by atoms with van der Waals surface area (Å²) in [5.74, 6) is 0. The molecule has 0 aromatic heterocycles. The number of benzene rings is 8. The summed E-state index contributed by atoms with van der Waals surface area (Å²) in [6.45, 7) is 9.21. The zero-order valence-electron chi connectivity index (χ0n) is 53.2. The Bertz CT molecular complexity index is 3030. The molecule has 2 aliphatic carbocycles. The maximum Gasteiger partial charge on any atom is 0.0468 e. The molecule has 2 aliphatic rings. The Balaban J connectivity index is 1.04. The van der Waals surface area contributed by atoms with Gasteiger partial charge in [-0.3, -0.25) is 0 Å². The maximum atomic E-state index is 2.51. The van der Waals surface area contributed by atoms with Crippen molar-refractivity contribution in [2.45, 2.75) is 207 Å². The van der Waals surface area contributed by atoms with Crippen molar-refractivity contribution in [2.75, 3.05) is 9.80 Å². The van der Waals surface area contributed by atoms with E-state index in [0.717, 1.165) is 25.7 Å². The van der Waals surface area contributed by atoms with Crippen LogP contribution in [0.5, 0.6) is 0 Å². The summed E-state index contributed by atoms with van der Waals surface area (Å²) in [5, 5.41) is 0. The Morgan fingerprint density at radius 1 is 0.209 bits per heavy atom. The molecular weight excluding hydrogens is 1040 g/mol. The molecule has 0 bridgehead atoms. The highest BCUT2D eigenvalue weighted by atomic mass is 15.1. The lowest BCUT2D eigenvalue weighted by Crippen LogP contribution is -2.11. The van der Waals surface area contributed by atoms with E-state index in [2.05, 4.69) is 232 Å². The molecule has 0 fully saturated rings. The van der Waals surface area contributed by atoms with Gasteiger partial charge in [-0.2, -0.15) is 0 Å². The molecule has 2 nitrogen and oxygen atoms in total. The second-order valence-electron chi connectivity index (χ2n) is 25.1. The predicted molar refractivity (Wildman–Crippen MR) is 375 cm³/mol. The molecule has 0 saturated carbocycles. The van der Waals surface area contributed by atoms with Crippen molar-refractivity contribution in [2.24, 2.45) is 0 Å². The Morgan fingerprint density at radius 3 is 0.721 bits per heavy atom. The van der Waals surface area contributed by atoms with E-state index < -0.39 is 0 Å². The van der Waals surface area contributed by atoms with E-state index in [1.54, 1.807) is 0 Å². The van der Waals surface area contributed by atoms with E-state index in [0.29, 0.717) is 0 Å². The number of allylic oxidation sites excluding steroid dienone is 2. The third kappa shape index (κ3) is 15.9. The molecule has 0 aliphatic heterocycles. The van der Waals surface area contributed by atoms with Gasteiger partial charge in [-0.05, 0) is 202 Å². The third-order valence-corrected chi connectivity index (χ3v) is 18.5. The summed E-state index contributed by atoms with van der Waals surface area (Å²) < 4.78 is 0. The van der Waals surface area contributed by atoms with Gasteiger partial charge in [0.25, 0.3) is 0 Å². The Morgan fingerprint density at radius 2 is 0.453 bits per heavy atom. The number of nitrogens with zero attached hydrogens (tertiary/aromatic N) is 2. The SMILES string of the molecule is CCCCCCCCc1ccc(N(c2ccc(CCCCCCCC)cc2)c2ccc3c(c2)C(c2ccccc2)=C2C3=C(c3ccccc3)c3cc(N(c4ccc(CCCCCCCC)cc4)c4ccc(CCCCCCCC)cc4)ccc32)cc1. The Labute approximate surface area is 520 Å². The van der Waals surface area contributed by atoms with Gasteiger partial charge in [-0.15, -0.1) is 0 Å². The lowest BCUT2D eigenvalue weighted by atomic mass is 9.91. The van der Waals surface area contributed by atoms with Crippen molar-refractivity contribution in [3.8, 4) is 0 Å². The van der Waals surface area contributed by atoms with Gasteiger partial charge in [0.05, 0.1) is 0 Å². The van der Waals surface area contributed by atoms with Crippen LogP contribution >= 0.6 is 0 Å². The number of fused-ring (bicyclic) bond motifs is 5. The van der Waals surface area contributed by atoms with Gasteiger partial charge in [0.15, 0.2) is 0 Å². The van der Waals surface area contributed by atoms with Crippen LogP contribution in [-0.2, 0) is 25.7 Å². The summed E-state index contributed by atoms with van der Waals surface area (Å²) in [4.78, 5) is 5.02. The largest absolute Gasteiger partial charge is 0.310 e. The first-order valence-corrected chi connectivity index (χ1v) is 34.4. The fourth-order valence-electron chi connectivity index (χ4n) is 13.6. The lowest BCUT2D eigenvalue weighted by Gasteiger charge is -2.27. The molecule has 10 rings (SSSR count). The molecule has 0 atom stereocenters. The molecule has 0 radical (unpaired) electrons. The topological polar surface area (TPSA) is 6.48 Å². The van der Waals surface area contributed by atoms with Crippen molar-refractivity contribution in [1.29, 1.82) is 0 Å². The van der Waals surface area contributed by atoms with E-state index in [-0.39, 0.29) is 0 Å². The highest BCUT2D eigenvalue weighted by molar-refractivity contribution is 6.35. The van der Waals surface area contributed by atoms with Crippen molar-refractivity contribution in [1.82, 2.24) is 0 Å². The first kappa shape index (κ1) is 61.9. The molecule has 8 aromatic carbocycles. The van der Waals surface area contributed by atoms with Gasteiger partial charge in [-0.25, -0.2) is 0 Å². The van der Waals surface area contributed by atoms with Crippen molar-refractivity contribution >= 4 is 56.4 Å². The zero-order chi connectivity index (χ0) is 59.1. The fourth-order valence-corrected chi connectivity index (χ4v) is 13.6. The van der Waals surface area contributed by atoms with Crippen LogP contribution in [0.2, 0.25) is 0 Å². The number of unbranched alkanes of at least 4 members (excludes halogenated alkanes) is 20. The number of anilines is 6. The minimum absolute atomic E-state index is 1.13. The Kier molecular flexibility index (Phi) is 23.4. The minimum Gasteiger partial charge on any atom is -0.310 e. The fraction of sp³-hybridized carbons (Fsp3) is 0.381. The number of hydrogen-bond donors (Lipinski definition) is 0. The first-order valence-electron chi connectivity index (χ1n) is 34.4. The van der Waals surface area contributed by atoms with Gasteiger partial charge >= 0.3 is 0 Å². The third-order valence-electron chi connectivity index (χ3n) is 18.5. The highest BCUT2D eigenvalue weighted by Crippen LogP contribution is 2.60. The van der Waals surface area contributed by atoms with E-state index >= 15 is 0 Å².